The second kappa shape index (κ2) is 5.83. The van der Waals surface area contributed by atoms with Gasteiger partial charge in [0.05, 0.1) is 25.9 Å². The lowest BCUT2D eigenvalue weighted by Crippen LogP contribution is -2.42. The van der Waals surface area contributed by atoms with Crippen LogP contribution < -0.4 is 14.4 Å². The molecule has 1 aliphatic heterocycles. The number of aromatic nitrogens is 2. The van der Waals surface area contributed by atoms with E-state index in [1.165, 1.54) is 0 Å². The van der Waals surface area contributed by atoms with Gasteiger partial charge in [-0.2, -0.15) is 9.97 Å². The molecule has 0 saturated carbocycles. The molecule has 1 aromatic rings. The third kappa shape index (κ3) is 3.30. The number of anilines is 1. The first-order chi connectivity index (χ1) is 9.44. The maximum absolute atomic E-state index is 10.1. The summed E-state index contributed by atoms with van der Waals surface area (Å²) >= 11 is 0. The molecule has 0 atom stereocenters. The Morgan fingerprint density at radius 1 is 1.15 bits per heavy atom. The smallest absolute Gasteiger partial charge is 0.231 e. The van der Waals surface area contributed by atoms with Crippen molar-refractivity contribution in [2.24, 2.45) is 5.92 Å². The molecule has 6 heteroatoms. The second-order valence-corrected chi connectivity index (χ2v) is 5.67. The molecule has 20 heavy (non-hydrogen) atoms. The maximum atomic E-state index is 10.1. The Morgan fingerprint density at radius 2 is 1.65 bits per heavy atom. The molecule has 0 bridgehead atoms. The standard InChI is InChI=1S/C14H23N3O3/c1-14(2,18)10-5-7-17(8-6-10)13-15-11(19-3)9-12(16-13)20-4/h9-10,18H,5-8H2,1-4H3. The Labute approximate surface area is 119 Å². The van der Waals surface area contributed by atoms with Crippen LogP contribution in [-0.4, -0.2) is 48.0 Å². The molecule has 0 radical (unpaired) electrons. The van der Waals surface area contributed by atoms with Gasteiger partial charge >= 0.3 is 0 Å². The minimum atomic E-state index is -0.626. The van der Waals surface area contributed by atoms with Crippen molar-refractivity contribution in [1.29, 1.82) is 0 Å². The van der Waals surface area contributed by atoms with Gasteiger partial charge in [0.25, 0.3) is 0 Å². The minimum absolute atomic E-state index is 0.311. The number of methoxy groups -OCH3 is 2. The normalized spacial score (nSPS) is 17.1. The molecule has 2 heterocycles. The highest BCUT2D eigenvalue weighted by molar-refractivity contribution is 5.37. The van der Waals surface area contributed by atoms with Gasteiger partial charge in [-0.05, 0) is 32.6 Å². The Hall–Kier alpha value is -1.56. The lowest BCUT2D eigenvalue weighted by atomic mass is 9.83. The Bertz CT molecular complexity index is 429. The van der Waals surface area contributed by atoms with E-state index < -0.39 is 5.60 Å². The van der Waals surface area contributed by atoms with Crippen molar-refractivity contribution in [2.45, 2.75) is 32.3 Å². The summed E-state index contributed by atoms with van der Waals surface area (Å²) in [6.07, 6.45) is 1.85. The highest BCUT2D eigenvalue weighted by atomic mass is 16.5. The highest BCUT2D eigenvalue weighted by Crippen LogP contribution is 2.30. The summed E-state index contributed by atoms with van der Waals surface area (Å²) in [4.78, 5) is 10.8. The number of piperidine rings is 1. The van der Waals surface area contributed by atoms with Gasteiger partial charge in [0.2, 0.25) is 17.7 Å². The predicted octanol–water partition coefficient (Wildman–Crippen LogP) is 1.48. The predicted molar refractivity (Wildman–Crippen MR) is 76.4 cm³/mol. The van der Waals surface area contributed by atoms with Crippen LogP contribution in [0.25, 0.3) is 0 Å². The van der Waals surface area contributed by atoms with Gasteiger partial charge in [-0.25, -0.2) is 0 Å². The van der Waals surface area contributed by atoms with Crippen molar-refractivity contribution < 1.29 is 14.6 Å². The zero-order valence-electron chi connectivity index (χ0n) is 12.6. The number of hydrogen-bond acceptors (Lipinski definition) is 6. The topological polar surface area (TPSA) is 67.7 Å². The van der Waals surface area contributed by atoms with Gasteiger partial charge in [-0.1, -0.05) is 0 Å². The second-order valence-electron chi connectivity index (χ2n) is 5.67. The maximum Gasteiger partial charge on any atom is 0.231 e. The van der Waals surface area contributed by atoms with E-state index in [9.17, 15) is 5.11 Å². The summed E-state index contributed by atoms with van der Waals surface area (Å²) in [5, 5.41) is 10.1. The van der Waals surface area contributed by atoms with Crippen LogP contribution in [0.5, 0.6) is 11.8 Å². The van der Waals surface area contributed by atoms with Gasteiger partial charge < -0.3 is 19.5 Å². The lowest BCUT2D eigenvalue weighted by molar-refractivity contribution is 0.00638. The summed E-state index contributed by atoms with van der Waals surface area (Å²) in [5.74, 6) is 1.93. The first-order valence-corrected chi connectivity index (χ1v) is 6.88. The minimum Gasteiger partial charge on any atom is -0.481 e. The van der Waals surface area contributed by atoms with E-state index >= 15 is 0 Å². The Kier molecular flexibility index (Phi) is 4.32. The summed E-state index contributed by atoms with van der Waals surface area (Å²) in [7, 11) is 3.15. The lowest BCUT2D eigenvalue weighted by Gasteiger charge is -2.37. The van der Waals surface area contributed by atoms with Crippen LogP contribution in [0, 0.1) is 5.92 Å². The summed E-state index contributed by atoms with van der Waals surface area (Å²) < 4.78 is 10.3. The molecule has 0 amide bonds. The van der Waals surface area contributed by atoms with E-state index in [-0.39, 0.29) is 0 Å². The van der Waals surface area contributed by atoms with Crippen LogP contribution in [0.15, 0.2) is 6.07 Å². The van der Waals surface area contributed by atoms with Crippen LogP contribution in [0.2, 0.25) is 0 Å². The van der Waals surface area contributed by atoms with E-state index in [0.717, 1.165) is 25.9 Å². The van der Waals surface area contributed by atoms with E-state index in [2.05, 4.69) is 14.9 Å². The molecule has 112 valence electrons. The highest BCUT2D eigenvalue weighted by Gasteiger charge is 2.31. The number of nitrogens with zero attached hydrogens (tertiary/aromatic N) is 3. The van der Waals surface area contributed by atoms with Crippen molar-refractivity contribution in [3.8, 4) is 11.8 Å². The average Bonchev–Trinajstić information content (AvgIpc) is 2.46. The molecule has 1 N–H and O–H groups in total. The Balaban J connectivity index is 2.10. The van der Waals surface area contributed by atoms with Gasteiger partial charge in [0.1, 0.15) is 0 Å². The van der Waals surface area contributed by atoms with Crippen molar-refractivity contribution in [3.63, 3.8) is 0 Å². The van der Waals surface area contributed by atoms with Crippen LogP contribution in [0.4, 0.5) is 5.95 Å². The fourth-order valence-corrected chi connectivity index (χ4v) is 2.53. The van der Waals surface area contributed by atoms with Crippen LogP contribution >= 0.6 is 0 Å². The monoisotopic (exact) mass is 281 g/mol. The molecule has 0 unspecified atom stereocenters. The van der Waals surface area contributed by atoms with Crippen molar-refractivity contribution in [2.75, 3.05) is 32.2 Å². The molecule has 1 aromatic heterocycles. The molecule has 0 aliphatic carbocycles. The molecular formula is C14H23N3O3. The van der Waals surface area contributed by atoms with Gasteiger partial charge in [0.15, 0.2) is 0 Å². The summed E-state index contributed by atoms with van der Waals surface area (Å²) in [6.45, 7) is 5.40. The summed E-state index contributed by atoms with van der Waals surface area (Å²) in [6, 6.07) is 1.66. The number of ether oxygens (including phenoxy) is 2. The first-order valence-electron chi connectivity index (χ1n) is 6.88. The largest absolute Gasteiger partial charge is 0.481 e. The fraction of sp³-hybridized carbons (Fsp3) is 0.714. The van der Waals surface area contributed by atoms with E-state index in [1.807, 2.05) is 13.8 Å². The van der Waals surface area contributed by atoms with E-state index in [4.69, 9.17) is 9.47 Å². The third-order valence-electron chi connectivity index (χ3n) is 3.86. The average molecular weight is 281 g/mol. The molecule has 2 rings (SSSR count). The first kappa shape index (κ1) is 14.8. The van der Waals surface area contributed by atoms with Gasteiger partial charge in [-0.3, -0.25) is 0 Å². The third-order valence-corrected chi connectivity index (χ3v) is 3.86. The fourth-order valence-electron chi connectivity index (χ4n) is 2.53. The van der Waals surface area contributed by atoms with Gasteiger partial charge in [0, 0.05) is 13.1 Å². The SMILES string of the molecule is COc1cc(OC)nc(N2CCC(C(C)(C)O)CC2)n1. The Morgan fingerprint density at radius 3 is 2.05 bits per heavy atom. The quantitative estimate of drug-likeness (QED) is 0.901. The van der Waals surface area contributed by atoms with Crippen molar-refractivity contribution >= 4 is 5.95 Å². The van der Waals surface area contributed by atoms with Crippen LogP contribution in [0.1, 0.15) is 26.7 Å². The zero-order chi connectivity index (χ0) is 14.8. The number of aliphatic hydroxyl groups is 1. The van der Waals surface area contributed by atoms with Gasteiger partial charge in [-0.15, -0.1) is 0 Å². The molecule has 6 nitrogen and oxygen atoms in total. The number of rotatable bonds is 4. The molecule has 1 aliphatic rings. The number of hydrogen-bond donors (Lipinski definition) is 1. The molecule has 1 saturated heterocycles. The summed E-state index contributed by atoms with van der Waals surface area (Å²) in [5.41, 5.74) is -0.626. The van der Waals surface area contributed by atoms with Crippen LogP contribution in [0.3, 0.4) is 0 Å². The molecule has 1 fully saturated rings. The van der Waals surface area contributed by atoms with Crippen molar-refractivity contribution in [1.82, 2.24) is 9.97 Å². The zero-order valence-corrected chi connectivity index (χ0v) is 12.6. The van der Waals surface area contributed by atoms with Crippen LogP contribution in [-0.2, 0) is 0 Å². The molecular weight excluding hydrogens is 258 g/mol. The molecule has 0 aromatic carbocycles. The van der Waals surface area contributed by atoms with E-state index in [0.29, 0.717) is 23.6 Å². The van der Waals surface area contributed by atoms with Crippen molar-refractivity contribution in [3.05, 3.63) is 6.07 Å². The van der Waals surface area contributed by atoms with E-state index in [1.54, 1.807) is 20.3 Å². The molecule has 0 spiro atoms.